The highest BCUT2D eigenvalue weighted by Crippen LogP contribution is 2.40. The summed E-state index contributed by atoms with van der Waals surface area (Å²) in [6.07, 6.45) is 5.13. The van der Waals surface area contributed by atoms with Gasteiger partial charge in [-0.25, -0.2) is 0 Å². The molecular formula is C10H7F3. The molecule has 0 amide bonds. The Balaban J connectivity index is 2.31. The Morgan fingerprint density at radius 3 is 2.54 bits per heavy atom. The first-order valence-corrected chi connectivity index (χ1v) is 3.93. The number of hydrogen-bond donors (Lipinski definition) is 0. The molecule has 2 aliphatic rings. The second kappa shape index (κ2) is 2.62. The first-order valence-electron chi connectivity index (χ1n) is 3.93. The van der Waals surface area contributed by atoms with E-state index in [1.807, 2.05) is 0 Å². The second-order valence-corrected chi connectivity index (χ2v) is 3.01. The van der Waals surface area contributed by atoms with Crippen LogP contribution in [0.3, 0.4) is 0 Å². The third-order valence-corrected chi connectivity index (χ3v) is 2.18. The summed E-state index contributed by atoms with van der Waals surface area (Å²) in [7, 11) is 0. The highest BCUT2D eigenvalue weighted by molar-refractivity contribution is 5.48. The fourth-order valence-corrected chi connectivity index (χ4v) is 1.56. The monoisotopic (exact) mass is 184 g/mol. The van der Waals surface area contributed by atoms with Crippen molar-refractivity contribution in [3.63, 3.8) is 0 Å². The zero-order valence-corrected chi connectivity index (χ0v) is 6.68. The van der Waals surface area contributed by atoms with Crippen LogP contribution in [0.5, 0.6) is 0 Å². The lowest BCUT2D eigenvalue weighted by atomic mass is 9.92. The number of fused-ring (bicyclic) bond motifs is 1. The van der Waals surface area contributed by atoms with Gasteiger partial charge in [-0.3, -0.25) is 0 Å². The van der Waals surface area contributed by atoms with Crippen LogP contribution >= 0.6 is 0 Å². The fraction of sp³-hybridized carbons (Fsp3) is 0.200. The zero-order valence-electron chi connectivity index (χ0n) is 6.68. The molecule has 0 aromatic rings. The first-order chi connectivity index (χ1) is 6.09. The van der Waals surface area contributed by atoms with Crippen molar-refractivity contribution in [2.24, 2.45) is 5.92 Å². The van der Waals surface area contributed by atoms with Gasteiger partial charge in [0.25, 0.3) is 0 Å². The molecule has 13 heavy (non-hydrogen) atoms. The van der Waals surface area contributed by atoms with E-state index in [4.69, 9.17) is 0 Å². The average molecular weight is 184 g/mol. The summed E-state index contributed by atoms with van der Waals surface area (Å²) in [5, 5.41) is 0. The minimum absolute atomic E-state index is 0.469. The van der Waals surface area contributed by atoms with Crippen LogP contribution in [-0.4, -0.2) is 6.18 Å². The van der Waals surface area contributed by atoms with Gasteiger partial charge in [0.2, 0.25) is 0 Å². The molecule has 0 fully saturated rings. The number of rotatable bonds is 0. The summed E-state index contributed by atoms with van der Waals surface area (Å²) in [5.41, 5.74) is 0.248. The highest BCUT2D eigenvalue weighted by Gasteiger charge is 2.40. The van der Waals surface area contributed by atoms with Crippen molar-refractivity contribution in [1.29, 1.82) is 0 Å². The van der Waals surface area contributed by atoms with Gasteiger partial charge in [0.1, 0.15) is 0 Å². The molecule has 0 N–H and O–H groups in total. The summed E-state index contributed by atoms with van der Waals surface area (Å²) in [6.45, 7) is 0. The Hall–Kier alpha value is -1.25. The normalized spacial score (nSPS) is 25.6. The standard InChI is InChI=1S/C10H7F3/c11-10(12,13)9-6-5-7-3-1-2-4-8(7)9/h1-6,8H. The minimum atomic E-state index is -4.21. The lowest BCUT2D eigenvalue weighted by Crippen LogP contribution is -2.18. The molecule has 0 heterocycles. The van der Waals surface area contributed by atoms with Crippen LogP contribution in [0.2, 0.25) is 0 Å². The van der Waals surface area contributed by atoms with Crippen LogP contribution in [0, 0.1) is 5.92 Å². The third-order valence-electron chi connectivity index (χ3n) is 2.18. The molecule has 3 heteroatoms. The Morgan fingerprint density at radius 2 is 1.85 bits per heavy atom. The minimum Gasteiger partial charge on any atom is -0.166 e. The average Bonchev–Trinajstić information content (AvgIpc) is 2.45. The van der Waals surface area contributed by atoms with Crippen LogP contribution < -0.4 is 0 Å². The molecule has 0 saturated heterocycles. The van der Waals surface area contributed by atoms with Crippen molar-refractivity contribution in [2.75, 3.05) is 0 Å². The highest BCUT2D eigenvalue weighted by atomic mass is 19.4. The fourth-order valence-electron chi connectivity index (χ4n) is 1.56. The smallest absolute Gasteiger partial charge is 0.166 e. The van der Waals surface area contributed by atoms with E-state index in [0.29, 0.717) is 0 Å². The van der Waals surface area contributed by atoms with E-state index >= 15 is 0 Å². The van der Waals surface area contributed by atoms with E-state index < -0.39 is 17.7 Å². The van der Waals surface area contributed by atoms with Crippen LogP contribution in [0.4, 0.5) is 13.2 Å². The Kier molecular flexibility index (Phi) is 1.68. The molecule has 0 aromatic carbocycles. The van der Waals surface area contributed by atoms with Gasteiger partial charge >= 0.3 is 6.18 Å². The lowest BCUT2D eigenvalue weighted by molar-refractivity contribution is -0.0954. The molecule has 0 radical (unpaired) electrons. The summed E-state index contributed by atoms with van der Waals surface area (Å²) < 4.78 is 37.1. The Labute approximate surface area is 73.8 Å². The molecule has 1 unspecified atom stereocenters. The zero-order chi connectivity index (χ0) is 9.47. The summed E-state index contributed by atoms with van der Waals surface area (Å²) in [4.78, 5) is 0. The van der Waals surface area contributed by atoms with Gasteiger partial charge in [-0.1, -0.05) is 36.5 Å². The predicted octanol–water partition coefficient (Wildman–Crippen LogP) is 3.16. The van der Waals surface area contributed by atoms with Crippen molar-refractivity contribution in [2.45, 2.75) is 6.18 Å². The lowest BCUT2D eigenvalue weighted by Gasteiger charge is -2.17. The van der Waals surface area contributed by atoms with Crippen LogP contribution in [0.15, 0.2) is 47.6 Å². The third kappa shape index (κ3) is 1.34. The number of hydrogen-bond acceptors (Lipinski definition) is 0. The number of allylic oxidation sites excluding steroid dienone is 8. The predicted molar refractivity (Wildman–Crippen MR) is 44.0 cm³/mol. The van der Waals surface area contributed by atoms with Crippen LogP contribution in [0.1, 0.15) is 0 Å². The summed E-state index contributed by atoms with van der Waals surface area (Å²) in [5.74, 6) is -0.579. The van der Waals surface area contributed by atoms with Crippen molar-refractivity contribution < 1.29 is 13.2 Å². The number of halogens is 3. The van der Waals surface area contributed by atoms with Crippen LogP contribution in [-0.2, 0) is 0 Å². The molecule has 2 aliphatic carbocycles. The topological polar surface area (TPSA) is 0 Å². The maximum atomic E-state index is 12.4. The van der Waals surface area contributed by atoms with E-state index in [0.717, 1.165) is 11.6 Å². The molecule has 0 spiro atoms. The van der Waals surface area contributed by atoms with Crippen molar-refractivity contribution in [1.82, 2.24) is 0 Å². The van der Waals surface area contributed by atoms with Gasteiger partial charge in [0.15, 0.2) is 0 Å². The van der Waals surface area contributed by atoms with E-state index in [-0.39, 0.29) is 0 Å². The molecule has 2 rings (SSSR count). The molecule has 68 valence electrons. The van der Waals surface area contributed by atoms with Gasteiger partial charge in [-0.2, -0.15) is 13.2 Å². The summed E-state index contributed by atoms with van der Waals surface area (Å²) in [6, 6.07) is 0. The second-order valence-electron chi connectivity index (χ2n) is 3.01. The van der Waals surface area contributed by atoms with Crippen molar-refractivity contribution >= 4 is 0 Å². The molecule has 0 aliphatic heterocycles. The van der Waals surface area contributed by atoms with Crippen molar-refractivity contribution in [3.8, 4) is 0 Å². The quantitative estimate of drug-likeness (QED) is 0.542. The van der Waals surface area contributed by atoms with Gasteiger partial charge in [-0.15, -0.1) is 0 Å². The molecule has 0 aromatic heterocycles. The van der Waals surface area contributed by atoms with E-state index in [1.165, 1.54) is 6.08 Å². The van der Waals surface area contributed by atoms with Gasteiger partial charge in [-0.05, 0) is 5.57 Å². The van der Waals surface area contributed by atoms with Gasteiger partial charge < -0.3 is 0 Å². The maximum absolute atomic E-state index is 12.4. The number of alkyl halides is 3. The maximum Gasteiger partial charge on any atom is 0.413 e. The molecule has 1 atom stereocenters. The molecule has 0 nitrogen and oxygen atoms in total. The van der Waals surface area contributed by atoms with Crippen molar-refractivity contribution in [3.05, 3.63) is 47.6 Å². The Morgan fingerprint density at radius 1 is 1.08 bits per heavy atom. The van der Waals surface area contributed by atoms with Gasteiger partial charge in [0.05, 0.1) is 0 Å². The van der Waals surface area contributed by atoms with Crippen LogP contribution in [0.25, 0.3) is 0 Å². The SMILES string of the molecule is FC(F)(F)C1=CC=C2C=CC=CC21. The Bertz CT molecular complexity index is 340. The molecule has 0 saturated carbocycles. The molecular weight excluding hydrogens is 177 g/mol. The largest absolute Gasteiger partial charge is 0.413 e. The van der Waals surface area contributed by atoms with E-state index in [2.05, 4.69) is 0 Å². The summed E-state index contributed by atoms with van der Waals surface area (Å²) >= 11 is 0. The van der Waals surface area contributed by atoms with Gasteiger partial charge in [0, 0.05) is 11.5 Å². The first kappa shape index (κ1) is 8.35. The van der Waals surface area contributed by atoms with E-state index in [9.17, 15) is 13.2 Å². The van der Waals surface area contributed by atoms with E-state index in [1.54, 1.807) is 24.3 Å². The molecule has 0 bridgehead atoms.